The summed E-state index contributed by atoms with van der Waals surface area (Å²) in [6.07, 6.45) is 2.26. The third kappa shape index (κ3) is 3.33. The highest BCUT2D eigenvalue weighted by molar-refractivity contribution is 7.11. The van der Waals surface area contributed by atoms with E-state index in [-0.39, 0.29) is 5.91 Å². The lowest BCUT2D eigenvalue weighted by atomic mass is 10.1. The molecule has 3 rings (SSSR count). The number of hydrogen-bond acceptors (Lipinski definition) is 3. The molecule has 3 nitrogen and oxygen atoms in total. The van der Waals surface area contributed by atoms with Gasteiger partial charge < -0.3 is 9.80 Å². The fraction of sp³-hybridized carbons (Fsp3) is 0.389. The zero-order valence-electron chi connectivity index (χ0n) is 13.4. The standard InChI is InChI=1S/C18H22N2OS/c1-13-7-10-17(22-13)12-20(15-8-9-15)18(21)14-5-4-6-16(11-14)19(2)3/h4-7,10-11,15H,8-9,12H2,1-3H3. The van der Waals surface area contributed by atoms with E-state index in [1.807, 2.05) is 48.2 Å². The summed E-state index contributed by atoms with van der Waals surface area (Å²) in [5.41, 5.74) is 1.85. The van der Waals surface area contributed by atoms with E-state index in [9.17, 15) is 4.79 Å². The number of carbonyl (C=O) groups excluding carboxylic acids is 1. The quantitative estimate of drug-likeness (QED) is 0.835. The number of rotatable bonds is 5. The van der Waals surface area contributed by atoms with Crippen LogP contribution in [-0.2, 0) is 6.54 Å². The molecule has 0 saturated heterocycles. The van der Waals surface area contributed by atoms with Gasteiger partial charge >= 0.3 is 0 Å². The van der Waals surface area contributed by atoms with Gasteiger partial charge in [-0.3, -0.25) is 4.79 Å². The molecule has 1 amide bonds. The summed E-state index contributed by atoms with van der Waals surface area (Å²) in [4.78, 5) is 19.6. The highest BCUT2D eigenvalue weighted by Gasteiger charge is 2.33. The number of thiophene rings is 1. The maximum Gasteiger partial charge on any atom is 0.254 e. The number of hydrogen-bond donors (Lipinski definition) is 0. The Morgan fingerprint density at radius 3 is 2.59 bits per heavy atom. The van der Waals surface area contributed by atoms with Gasteiger partial charge in [-0.2, -0.15) is 0 Å². The molecule has 2 aromatic rings. The Labute approximate surface area is 136 Å². The van der Waals surface area contributed by atoms with Crippen LogP contribution in [0.15, 0.2) is 36.4 Å². The van der Waals surface area contributed by atoms with Crippen LogP contribution in [0.4, 0.5) is 5.69 Å². The van der Waals surface area contributed by atoms with Crippen LogP contribution in [0, 0.1) is 6.92 Å². The smallest absolute Gasteiger partial charge is 0.254 e. The van der Waals surface area contributed by atoms with Crippen LogP contribution < -0.4 is 4.90 Å². The monoisotopic (exact) mass is 314 g/mol. The van der Waals surface area contributed by atoms with Crippen molar-refractivity contribution in [1.29, 1.82) is 0 Å². The lowest BCUT2D eigenvalue weighted by Gasteiger charge is -2.23. The molecular weight excluding hydrogens is 292 g/mol. The predicted molar refractivity (Wildman–Crippen MR) is 92.7 cm³/mol. The van der Waals surface area contributed by atoms with Crippen molar-refractivity contribution in [2.24, 2.45) is 0 Å². The van der Waals surface area contributed by atoms with Crippen LogP contribution in [0.2, 0.25) is 0 Å². The number of aryl methyl sites for hydroxylation is 1. The van der Waals surface area contributed by atoms with Gasteiger partial charge in [0.25, 0.3) is 5.91 Å². The average molecular weight is 314 g/mol. The molecule has 0 unspecified atom stereocenters. The summed E-state index contributed by atoms with van der Waals surface area (Å²) in [6.45, 7) is 2.84. The predicted octanol–water partition coefficient (Wildman–Crippen LogP) is 3.93. The van der Waals surface area contributed by atoms with Gasteiger partial charge in [0.2, 0.25) is 0 Å². The van der Waals surface area contributed by atoms with Crippen molar-refractivity contribution in [2.75, 3.05) is 19.0 Å². The second-order valence-corrected chi connectivity index (χ2v) is 7.49. The Kier molecular flexibility index (Phi) is 4.21. The third-order valence-corrected chi connectivity index (χ3v) is 4.97. The number of benzene rings is 1. The summed E-state index contributed by atoms with van der Waals surface area (Å²) >= 11 is 1.78. The molecule has 0 radical (unpaired) electrons. The summed E-state index contributed by atoms with van der Waals surface area (Å²) in [5.74, 6) is 0.150. The Balaban J connectivity index is 1.82. The van der Waals surface area contributed by atoms with Gasteiger partial charge in [0, 0.05) is 41.1 Å². The topological polar surface area (TPSA) is 23.6 Å². The zero-order chi connectivity index (χ0) is 15.7. The van der Waals surface area contributed by atoms with E-state index >= 15 is 0 Å². The number of anilines is 1. The number of nitrogens with zero attached hydrogens (tertiary/aromatic N) is 2. The molecular formula is C18H22N2OS. The van der Waals surface area contributed by atoms with Crippen LogP contribution >= 0.6 is 11.3 Å². The van der Waals surface area contributed by atoms with Gasteiger partial charge in [0.15, 0.2) is 0 Å². The van der Waals surface area contributed by atoms with Crippen LogP contribution in [0.25, 0.3) is 0 Å². The largest absolute Gasteiger partial charge is 0.378 e. The molecule has 1 saturated carbocycles. The molecule has 4 heteroatoms. The van der Waals surface area contributed by atoms with Crippen LogP contribution in [-0.4, -0.2) is 30.9 Å². The van der Waals surface area contributed by atoms with Gasteiger partial charge in [0.1, 0.15) is 0 Å². The van der Waals surface area contributed by atoms with Gasteiger partial charge in [-0.1, -0.05) is 6.07 Å². The van der Waals surface area contributed by atoms with E-state index < -0.39 is 0 Å². The second-order valence-electron chi connectivity index (χ2n) is 6.12. The van der Waals surface area contributed by atoms with Crippen LogP contribution in [0.1, 0.15) is 33.0 Å². The first-order chi connectivity index (χ1) is 10.5. The molecule has 0 atom stereocenters. The molecule has 0 spiro atoms. The van der Waals surface area contributed by atoms with Gasteiger partial charge in [-0.15, -0.1) is 11.3 Å². The van der Waals surface area contributed by atoms with Crippen LogP contribution in [0.3, 0.4) is 0 Å². The Hall–Kier alpha value is -1.81. The number of carbonyl (C=O) groups is 1. The van der Waals surface area contributed by atoms with Gasteiger partial charge in [-0.05, 0) is 50.1 Å². The van der Waals surface area contributed by atoms with Crippen LogP contribution in [0.5, 0.6) is 0 Å². The third-order valence-electron chi connectivity index (χ3n) is 3.98. The van der Waals surface area contributed by atoms with Crippen molar-refractivity contribution in [3.05, 3.63) is 51.7 Å². The normalized spacial score (nSPS) is 14.0. The first kappa shape index (κ1) is 15.1. The molecule has 1 aromatic carbocycles. The average Bonchev–Trinajstić information content (AvgIpc) is 3.27. The minimum Gasteiger partial charge on any atom is -0.378 e. The molecule has 1 aliphatic carbocycles. The fourth-order valence-electron chi connectivity index (χ4n) is 2.57. The first-order valence-corrected chi connectivity index (χ1v) is 8.50. The van der Waals surface area contributed by atoms with E-state index in [0.717, 1.165) is 30.6 Å². The minimum absolute atomic E-state index is 0.150. The number of amides is 1. The van der Waals surface area contributed by atoms with E-state index in [0.29, 0.717) is 6.04 Å². The lowest BCUT2D eigenvalue weighted by Crippen LogP contribution is -2.32. The van der Waals surface area contributed by atoms with Gasteiger partial charge in [-0.25, -0.2) is 0 Å². The molecule has 1 aliphatic rings. The van der Waals surface area contributed by atoms with E-state index in [1.165, 1.54) is 9.75 Å². The Morgan fingerprint density at radius 1 is 1.23 bits per heavy atom. The van der Waals surface area contributed by atoms with Crippen molar-refractivity contribution >= 4 is 22.9 Å². The minimum atomic E-state index is 0.150. The molecule has 1 aromatic heterocycles. The molecule has 0 bridgehead atoms. The second kappa shape index (κ2) is 6.13. The first-order valence-electron chi connectivity index (χ1n) is 7.68. The Morgan fingerprint density at radius 2 is 2.00 bits per heavy atom. The summed E-state index contributed by atoms with van der Waals surface area (Å²) in [7, 11) is 3.99. The van der Waals surface area contributed by atoms with Crippen molar-refractivity contribution in [3.63, 3.8) is 0 Å². The molecule has 22 heavy (non-hydrogen) atoms. The van der Waals surface area contributed by atoms with E-state index in [2.05, 4.69) is 19.1 Å². The maximum atomic E-state index is 12.9. The van der Waals surface area contributed by atoms with Crippen molar-refractivity contribution in [3.8, 4) is 0 Å². The summed E-state index contributed by atoms with van der Waals surface area (Å²) in [6, 6.07) is 12.6. The van der Waals surface area contributed by atoms with Gasteiger partial charge in [0.05, 0.1) is 6.54 Å². The molecule has 1 fully saturated rings. The summed E-state index contributed by atoms with van der Waals surface area (Å²) < 4.78 is 0. The Bertz CT molecular complexity index is 673. The summed E-state index contributed by atoms with van der Waals surface area (Å²) in [5, 5.41) is 0. The van der Waals surface area contributed by atoms with E-state index in [1.54, 1.807) is 11.3 Å². The molecule has 0 aliphatic heterocycles. The highest BCUT2D eigenvalue weighted by Crippen LogP contribution is 2.31. The SMILES string of the molecule is Cc1ccc(CN(C(=O)c2cccc(N(C)C)c2)C2CC2)s1. The molecule has 116 valence electrons. The van der Waals surface area contributed by atoms with Crippen molar-refractivity contribution in [1.82, 2.24) is 4.90 Å². The van der Waals surface area contributed by atoms with E-state index in [4.69, 9.17) is 0 Å². The molecule has 1 heterocycles. The zero-order valence-corrected chi connectivity index (χ0v) is 14.2. The fourth-order valence-corrected chi connectivity index (χ4v) is 3.46. The van der Waals surface area contributed by atoms with Crippen molar-refractivity contribution in [2.45, 2.75) is 32.4 Å². The molecule has 0 N–H and O–H groups in total. The highest BCUT2D eigenvalue weighted by atomic mass is 32.1. The van der Waals surface area contributed by atoms with Crippen molar-refractivity contribution < 1.29 is 4.79 Å². The lowest BCUT2D eigenvalue weighted by molar-refractivity contribution is 0.0731. The maximum absolute atomic E-state index is 12.9.